The minimum Gasteiger partial charge on any atom is -0.327 e. The molecule has 0 spiro atoms. The Morgan fingerprint density at radius 1 is 1.33 bits per heavy atom. The Kier molecular flexibility index (Phi) is 3.39. The van der Waals surface area contributed by atoms with Gasteiger partial charge in [-0.2, -0.15) is 0 Å². The van der Waals surface area contributed by atoms with Gasteiger partial charge in [-0.15, -0.1) is 0 Å². The summed E-state index contributed by atoms with van der Waals surface area (Å²) in [5.41, 5.74) is 8.69. The monoisotopic (exact) mass is 204 g/mol. The van der Waals surface area contributed by atoms with Gasteiger partial charge in [0.1, 0.15) is 0 Å². The summed E-state index contributed by atoms with van der Waals surface area (Å²) in [4.78, 5) is 2.46. The zero-order chi connectivity index (χ0) is 10.7. The summed E-state index contributed by atoms with van der Waals surface area (Å²) in [5.74, 6) is 0. The van der Waals surface area contributed by atoms with E-state index in [2.05, 4.69) is 36.1 Å². The quantitative estimate of drug-likeness (QED) is 0.797. The number of nitrogens with two attached hydrogens (primary N) is 1. The molecule has 1 aromatic carbocycles. The van der Waals surface area contributed by atoms with Crippen LogP contribution in [0, 0.1) is 6.92 Å². The van der Waals surface area contributed by atoms with E-state index in [0.717, 1.165) is 13.1 Å². The van der Waals surface area contributed by atoms with Gasteiger partial charge in [-0.05, 0) is 31.9 Å². The lowest BCUT2D eigenvalue weighted by atomic mass is 10.1. The Morgan fingerprint density at radius 2 is 2.07 bits per heavy atom. The van der Waals surface area contributed by atoms with E-state index in [1.54, 1.807) is 0 Å². The normalized spacial score (nSPS) is 22.9. The molecule has 1 aliphatic heterocycles. The third kappa shape index (κ3) is 3.05. The number of rotatable bonds is 2. The fraction of sp³-hybridized carbons (Fsp3) is 0.538. The molecule has 0 radical (unpaired) electrons. The molecule has 2 N–H and O–H groups in total. The molecule has 1 unspecified atom stereocenters. The fourth-order valence-corrected chi connectivity index (χ4v) is 2.19. The lowest BCUT2D eigenvalue weighted by Crippen LogP contribution is -2.42. The highest BCUT2D eigenvalue weighted by Gasteiger charge is 2.16. The highest BCUT2D eigenvalue weighted by atomic mass is 15.1. The standard InChI is InChI=1S/C13H20N2/c1-11-4-6-12(7-5-11)9-15-8-2-3-13(14)10-15/h4-7,13H,2-3,8-10,14H2,1H3. The van der Waals surface area contributed by atoms with Crippen LogP contribution in [0.5, 0.6) is 0 Å². The maximum atomic E-state index is 5.96. The van der Waals surface area contributed by atoms with Crippen LogP contribution in [0.4, 0.5) is 0 Å². The number of aryl methyl sites for hydroxylation is 1. The second-order valence-corrected chi connectivity index (χ2v) is 4.62. The third-order valence-corrected chi connectivity index (χ3v) is 3.07. The third-order valence-electron chi connectivity index (χ3n) is 3.07. The molecule has 2 rings (SSSR count). The predicted octanol–water partition coefficient (Wildman–Crippen LogP) is 1.92. The van der Waals surface area contributed by atoms with Gasteiger partial charge in [0.15, 0.2) is 0 Å². The largest absolute Gasteiger partial charge is 0.327 e. The molecule has 1 aromatic rings. The molecule has 1 fully saturated rings. The smallest absolute Gasteiger partial charge is 0.0234 e. The van der Waals surface area contributed by atoms with Crippen LogP contribution >= 0.6 is 0 Å². The molecule has 82 valence electrons. The molecule has 2 heteroatoms. The van der Waals surface area contributed by atoms with Crippen molar-refractivity contribution >= 4 is 0 Å². The van der Waals surface area contributed by atoms with Crippen molar-refractivity contribution in [2.75, 3.05) is 13.1 Å². The number of hydrogen-bond donors (Lipinski definition) is 1. The molecule has 15 heavy (non-hydrogen) atoms. The second-order valence-electron chi connectivity index (χ2n) is 4.62. The molecule has 1 aliphatic rings. The molecule has 0 amide bonds. The van der Waals surface area contributed by atoms with E-state index in [1.807, 2.05) is 0 Å². The summed E-state index contributed by atoms with van der Waals surface area (Å²) in [6, 6.07) is 9.17. The Balaban J connectivity index is 1.93. The molecular weight excluding hydrogens is 184 g/mol. The van der Waals surface area contributed by atoms with Crippen LogP contribution < -0.4 is 5.73 Å². The number of likely N-dealkylation sites (tertiary alicyclic amines) is 1. The average Bonchev–Trinajstić information content (AvgIpc) is 2.22. The molecule has 1 heterocycles. The number of hydrogen-bond acceptors (Lipinski definition) is 2. The van der Waals surface area contributed by atoms with E-state index in [0.29, 0.717) is 6.04 Å². The zero-order valence-electron chi connectivity index (χ0n) is 9.45. The SMILES string of the molecule is Cc1ccc(CN2CCCC(N)C2)cc1. The first-order chi connectivity index (χ1) is 7.24. The van der Waals surface area contributed by atoms with E-state index in [9.17, 15) is 0 Å². The van der Waals surface area contributed by atoms with Crippen molar-refractivity contribution in [1.29, 1.82) is 0 Å². The molecule has 1 saturated heterocycles. The predicted molar refractivity (Wildman–Crippen MR) is 63.7 cm³/mol. The molecule has 0 saturated carbocycles. The van der Waals surface area contributed by atoms with Gasteiger partial charge in [0, 0.05) is 19.1 Å². The summed E-state index contributed by atoms with van der Waals surface area (Å²) >= 11 is 0. The van der Waals surface area contributed by atoms with Gasteiger partial charge in [-0.1, -0.05) is 29.8 Å². The summed E-state index contributed by atoms with van der Waals surface area (Å²) in [6.07, 6.45) is 2.43. The summed E-state index contributed by atoms with van der Waals surface area (Å²) < 4.78 is 0. The van der Waals surface area contributed by atoms with Gasteiger partial charge in [0.2, 0.25) is 0 Å². The molecule has 0 bridgehead atoms. The Hall–Kier alpha value is -0.860. The van der Waals surface area contributed by atoms with Gasteiger partial charge in [-0.3, -0.25) is 4.90 Å². The van der Waals surface area contributed by atoms with Crippen molar-refractivity contribution in [3.63, 3.8) is 0 Å². The van der Waals surface area contributed by atoms with Gasteiger partial charge >= 0.3 is 0 Å². The van der Waals surface area contributed by atoms with Crippen molar-refractivity contribution in [2.24, 2.45) is 5.73 Å². The van der Waals surface area contributed by atoms with Gasteiger partial charge < -0.3 is 5.73 Å². The summed E-state index contributed by atoms with van der Waals surface area (Å²) in [5, 5.41) is 0. The van der Waals surface area contributed by atoms with E-state index >= 15 is 0 Å². The van der Waals surface area contributed by atoms with Gasteiger partial charge in [0.05, 0.1) is 0 Å². The Labute approximate surface area is 92.1 Å². The Morgan fingerprint density at radius 3 is 2.73 bits per heavy atom. The van der Waals surface area contributed by atoms with E-state index in [-0.39, 0.29) is 0 Å². The van der Waals surface area contributed by atoms with Crippen molar-refractivity contribution in [3.05, 3.63) is 35.4 Å². The van der Waals surface area contributed by atoms with Crippen LogP contribution in [0.1, 0.15) is 24.0 Å². The first-order valence-electron chi connectivity index (χ1n) is 5.77. The second kappa shape index (κ2) is 4.77. The number of benzene rings is 1. The van der Waals surface area contributed by atoms with Crippen molar-refractivity contribution < 1.29 is 0 Å². The van der Waals surface area contributed by atoms with E-state index < -0.39 is 0 Å². The molecule has 1 atom stereocenters. The maximum absolute atomic E-state index is 5.96. The van der Waals surface area contributed by atoms with Crippen LogP contribution in [0.15, 0.2) is 24.3 Å². The lowest BCUT2D eigenvalue weighted by Gasteiger charge is -2.30. The Bertz CT molecular complexity index is 305. The average molecular weight is 204 g/mol. The van der Waals surface area contributed by atoms with E-state index in [1.165, 1.54) is 30.5 Å². The molecule has 2 nitrogen and oxygen atoms in total. The van der Waals surface area contributed by atoms with Crippen LogP contribution in [0.25, 0.3) is 0 Å². The number of piperidine rings is 1. The summed E-state index contributed by atoms with van der Waals surface area (Å²) in [7, 11) is 0. The molecular formula is C13H20N2. The first-order valence-corrected chi connectivity index (χ1v) is 5.77. The lowest BCUT2D eigenvalue weighted by molar-refractivity contribution is 0.201. The van der Waals surface area contributed by atoms with Gasteiger partial charge in [-0.25, -0.2) is 0 Å². The van der Waals surface area contributed by atoms with Crippen LogP contribution in [-0.4, -0.2) is 24.0 Å². The highest BCUT2D eigenvalue weighted by Crippen LogP contribution is 2.12. The zero-order valence-corrected chi connectivity index (χ0v) is 9.45. The fourth-order valence-electron chi connectivity index (χ4n) is 2.19. The van der Waals surface area contributed by atoms with E-state index in [4.69, 9.17) is 5.73 Å². The molecule has 0 aromatic heterocycles. The summed E-state index contributed by atoms with van der Waals surface area (Å²) in [6.45, 7) is 5.42. The first kappa shape index (κ1) is 10.7. The number of nitrogens with zero attached hydrogens (tertiary/aromatic N) is 1. The minimum atomic E-state index is 0.379. The highest BCUT2D eigenvalue weighted by molar-refractivity contribution is 5.21. The molecule has 0 aliphatic carbocycles. The van der Waals surface area contributed by atoms with Gasteiger partial charge in [0.25, 0.3) is 0 Å². The maximum Gasteiger partial charge on any atom is 0.0234 e. The van der Waals surface area contributed by atoms with Crippen molar-refractivity contribution in [1.82, 2.24) is 4.90 Å². The topological polar surface area (TPSA) is 29.3 Å². The van der Waals surface area contributed by atoms with Crippen molar-refractivity contribution in [2.45, 2.75) is 32.4 Å². The van der Waals surface area contributed by atoms with Crippen LogP contribution in [-0.2, 0) is 6.54 Å². The minimum absolute atomic E-state index is 0.379. The van der Waals surface area contributed by atoms with Crippen molar-refractivity contribution in [3.8, 4) is 0 Å². The van der Waals surface area contributed by atoms with Crippen LogP contribution in [0.3, 0.4) is 0 Å². The van der Waals surface area contributed by atoms with Crippen LogP contribution in [0.2, 0.25) is 0 Å².